The van der Waals surface area contributed by atoms with E-state index in [0.717, 1.165) is 47.3 Å². The molecule has 4 fully saturated rings. The average molecular weight is 450 g/mol. The number of rotatable bonds is 1. The minimum absolute atomic E-state index is 0.808. The van der Waals surface area contributed by atoms with Gasteiger partial charge in [-0.25, -0.2) is 4.57 Å². The fraction of sp³-hybridized carbons (Fsp3) is 0.594. The van der Waals surface area contributed by atoms with Crippen LogP contribution < -0.4 is 4.57 Å². The molecular formula is C32H37N2+. The van der Waals surface area contributed by atoms with Crippen LogP contribution in [0, 0.1) is 23.7 Å². The third kappa shape index (κ3) is 2.56. The molecule has 0 spiro atoms. The molecule has 0 N–H and O–H groups in total. The molecule has 1 aromatic heterocycles. The monoisotopic (exact) mass is 449 g/mol. The third-order valence-corrected chi connectivity index (χ3v) is 11.5. The minimum Gasteiger partial charge on any atom is -0.232 e. The van der Waals surface area contributed by atoms with Crippen LogP contribution in [0.15, 0.2) is 36.7 Å². The Morgan fingerprint density at radius 3 is 1.68 bits per heavy atom. The molecule has 4 unspecified atom stereocenters. The van der Waals surface area contributed by atoms with Crippen molar-refractivity contribution in [1.29, 1.82) is 0 Å². The summed E-state index contributed by atoms with van der Waals surface area (Å²) in [6, 6.07) is 12.8. The highest BCUT2D eigenvalue weighted by Crippen LogP contribution is 2.58. The molecule has 0 radical (unpaired) electrons. The summed E-state index contributed by atoms with van der Waals surface area (Å²) in [4.78, 5) is 0. The average Bonchev–Trinajstić information content (AvgIpc) is 2.94. The van der Waals surface area contributed by atoms with Crippen LogP contribution in [0.3, 0.4) is 0 Å². The summed E-state index contributed by atoms with van der Waals surface area (Å²) in [6.07, 6.45) is 17.0. The van der Waals surface area contributed by atoms with Gasteiger partial charge in [-0.3, -0.25) is 0 Å². The normalized spacial score (nSPS) is 38.7. The largest absolute Gasteiger partial charge is 0.249 e. The Balaban J connectivity index is 1.21. The van der Waals surface area contributed by atoms with Gasteiger partial charge in [-0.05, 0) is 158 Å². The zero-order valence-corrected chi connectivity index (χ0v) is 20.5. The number of hydrogen-bond donors (Lipinski definition) is 0. The fourth-order valence-corrected chi connectivity index (χ4v) is 10.4. The second kappa shape index (κ2) is 6.56. The Morgan fingerprint density at radius 2 is 1.09 bits per heavy atom. The molecular weight excluding hydrogens is 412 g/mol. The molecule has 4 saturated carbocycles. The van der Waals surface area contributed by atoms with E-state index in [-0.39, 0.29) is 0 Å². The maximum Gasteiger partial charge on any atom is 0.249 e. The molecule has 0 saturated heterocycles. The Hall–Kier alpha value is -2.09. The van der Waals surface area contributed by atoms with Gasteiger partial charge in [0.25, 0.3) is 0 Å². The quantitative estimate of drug-likeness (QED) is 0.346. The van der Waals surface area contributed by atoms with Crippen molar-refractivity contribution in [3.63, 3.8) is 0 Å². The number of aromatic nitrogens is 2. The van der Waals surface area contributed by atoms with Crippen LogP contribution in [-0.2, 0) is 7.05 Å². The van der Waals surface area contributed by atoms with E-state index in [9.17, 15) is 0 Å². The summed E-state index contributed by atoms with van der Waals surface area (Å²) >= 11 is 0. The van der Waals surface area contributed by atoms with Crippen molar-refractivity contribution >= 4 is 11.0 Å². The Bertz CT molecular complexity index is 1320. The van der Waals surface area contributed by atoms with Gasteiger partial charge in [-0.1, -0.05) is 6.07 Å². The van der Waals surface area contributed by atoms with E-state index in [1.807, 2.05) is 0 Å². The molecule has 174 valence electrons. The van der Waals surface area contributed by atoms with Crippen molar-refractivity contribution < 1.29 is 4.57 Å². The van der Waals surface area contributed by atoms with Crippen molar-refractivity contribution in [2.75, 3.05) is 0 Å². The van der Waals surface area contributed by atoms with Gasteiger partial charge in [0.1, 0.15) is 5.69 Å². The van der Waals surface area contributed by atoms with Crippen molar-refractivity contribution in [1.82, 2.24) is 4.57 Å². The maximum atomic E-state index is 2.64. The van der Waals surface area contributed by atoms with Gasteiger partial charge >= 0.3 is 0 Å². The molecule has 8 bridgehead atoms. The first-order valence-corrected chi connectivity index (χ1v) is 14.3. The SMILES string of the molecule is C[n+]1cn(-c2ccc3c(c2)C2CC4CC(CC3C4)C2)c2cc3c(cc21)C1CC2CC(CC3C2)C1. The molecule has 4 atom stereocenters. The first kappa shape index (κ1) is 19.1. The summed E-state index contributed by atoms with van der Waals surface area (Å²) in [6.45, 7) is 0. The number of benzene rings is 2. The standard InChI is InChI=1S/C32H37N2/c1-33-17-34(26-2-3-27-22-6-18-4-19(7-22)9-23(8-18)28(27)14-26)32-16-30-25-12-20-5-21(13-25)11-24(10-20)29(30)15-31(32)33/h2-3,14-25H,4-13H2,1H3/q+1. The zero-order chi connectivity index (χ0) is 22.1. The number of nitrogens with zero attached hydrogens (tertiary/aromatic N) is 2. The molecule has 0 amide bonds. The molecule has 2 aromatic carbocycles. The second-order valence-electron chi connectivity index (χ2n) is 13.5. The highest BCUT2D eigenvalue weighted by molar-refractivity contribution is 5.77. The maximum absolute atomic E-state index is 2.64. The van der Waals surface area contributed by atoms with E-state index < -0.39 is 0 Å². The highest BCUT2D eigenvalue weighted by atomic mass is 15.1. The van der Waals surface area contributed by atoms with Gasteiger partial charge in [-0.15, -0.1) is 0 Å². The summed E-state index contributed by atoms with van der Waals surface area (Å²) in [5, 5.41) is 0. The van der Waals surface area contributed by atoms with Crippen LogP contribution >= 0.6 is 0 Å². The van der Waals surface area contributed by atoms with E-state index in [0.29, 0.717) is 0 Å². The lowest BCUT2D eigenvalue weighted by Crippen LogP contribution is -2.26. The molecule has 8 aliphatic carbocycles. The van der Waals surface area contributed by atoms with Crippen molar-refractivity contribution in [3.8, 4) is 5.69 Å². The predicted molar refractivity (Wildman–Crippen MR) is 136 cm³/mol. The van der Waals surface area contributed by atoms with Crippen molar-refractivity contribution in [3.05, 3.63) is 58.9 Å². The van der Waals surface area contributed by atoms with E-state index in [1.165, 1.54) is 80.9 Å². The summed E-state index contributed by atoms with van der Waals surface area (Å²) in [7, 11) is 2.26. The predicted octanol–water partition coefficient (Wildman–Crippen LogP) is 7.24. The van der Waals surface area contributed by atoms with Crippen molar-refractivity contribution in [2.24, 2.45) is 30.7 Å². The van der Waals surface area contributed by atoms with Gasteiger partial charge in [0, 0.05) is 0 Å². The highest BCUT2D eigenvalue weighted by Gasteiger charge is 2.44. The zero-order valence-electron chi connectivity index (χ0n) is 20.5. The van der Waals surface area contributed by atoms with Crippen LogP contribution in [0.25, 0.3) is 16.7 Å². The molecule has 2 nitrogen and oxygen atoms in total. The van der Waals surface area contributed by atoms with Crippen LogP contribution in [0.1, 0.15) is 110 Å². The van der Waals surface area contributed by atoms with Gasteiger partial charge < -0.3 is 0 Å². The number of aryl methyl sites for hydroxylation is 1. The van der Waals surface area contributed by atoms with Gasteiger partial charge in [0.2, 0.25) is 6.33 Å². The van der Waals surface area contributed by atoms with Gasteiger partial charge in [0.05, 0.1) is 7.05 Å². The van der Waals surface area contributed by atoms with E-state index >= 15 is 0 Å². The van der Waals surface area contributed by atoms with Crippen LogP contribution in [0.4, 0.5) is 0 Å². The Morgan fingerprint density at radius 1 is 0.588 bits per heavy atom. The summed E-state index contributed by atoms with van der Waals surface area (Å²) in [5.41, 5.74) is 11.1. The number of fused-ring (bicyclic) bond motifs is 1. The smallest absolute Gasteiger partial charge is 0.232 e. The second-order valence-corrected chi connectivity index (χ2v) is 13.5. The molecule has 8 aliphatic rings. The Labute approximate surface area is 203 Å². The molecule has 1 heterocycles. The number of hydrogen-bond acceptors (Lipinski definition) is 0. The third-order valence-electron chi connectivity index (χ3n) is 11.5. The van der Waals surface area contributed by atoms with Gasteiger partial charge in [0.15, 0.2) is 11.0 Å². The lowest BCUT2D eigenvalue weighted by atomic mass is 9.67. The topological polar surface area (TPSA) is 8.81 Å². The van der Waals surface area contributed by atoms with Crippen LogP contribution in [0.2, 0.25) is 0 Å². The molecule has 34 heavy (non-hydrogen) atoms. The Kier molecular flexibility index (Phi) is 3.69. The first-order chi connectivity index (χ1) is 16.7. The summed E-state index contributed by atoms with van der Waals surface area (Å²) in [5.74, 6) is 7.22. The summed E-state index contributed by atoms with van der Waals surface area (Å²) < 4.78 is 4.92. The first-order valence-electron chi connectivity index (χ1n) is 14.3. The van der Waals surface area contributed by atoms with E-state index in [2.05, 4.69) is 52.8 Å². The van der Waals surface area contributed by atoms with Crippen LogP contribution in [0.5, 0.6) is 0 Å². The number of imidazole rings is 1. The molecule has 2 heteroatoms. The molecule has 11 rings (SSSR count). The lowest BCUT2D eigenvalue weighted by molar-refractivity contribution is -0.645. The molecule has 0 aliphatic heterocycles. The fourth-order valence-electron chi connectivity index (χ4n) is 10.4. The van der Waals surface area contributed by atoms with Crippen LogP contribution in [-0.4, -0.2) is 4.57 Å². The minimum atomic E-state index is 0.808. The van der Waals surface area contributed by atoms with Gasteiger partial charge in [-0.2, -0.15) is 4.57 Å². The molecule has 3 aromatic rings. The van der Waals surface area contributed by atoms with E-state index in [4.69, 9.17) is 0 Å². The van der Waals surface area contributed by atoms with Crippen molar-refractivity contribution in [2.45, 2.75) is 87.9 Å². The lowest BCUT2D eigenvalue weighted by Gasteiger charge is -2.38. The van der Waals surface area contributed by atoms with E-state index in [1.54, 1.807) is 22.3 Å².